The van der Waals surface area contributed by atoms with Crippen molar-refractivity contribution in [3.8, 4) is 0 Å². The van der Waals surface area contributed by atoms with Crippen molar-refractivity contribution in [2.24, 2.45) is 0 Å². The van der Waals surface area contributed by atoms with Crippen LogP contribution in [0.1, 0.15) is 32.8 Å². The van der Waals surface area contributed by atoms with Gasteiger partial charge in [-0.1, -0.05) is 41.7 Å². The summed E-state index contributed by atoms with van der Waals surface area (Å²) in [5.41, 5.74) is 1.04. The van der Waals surface area contributed by atoms with Gasteiger partial charge in [-0.15, -0.1) is 6.58 Å². The molecule has 192 valence electrons. The molecule has 9 heteroatoms. The minimum atomic E-state index is -1.88. The molecule has 2 aliphatic rings. The van der Waals surface area contributed by atoms with Crippen LogP contribution in [0.15, 0.2) is 76.5 Å². The molecule has 1 spiro atoms. The largest absolute Gasteiger partial charge is 0.450 e. The molecule has 4 heterocycles. The summed E-state index contributed by atoms with van der Waals surface area (Å²) in [4.78, 5) is 50.6. The number of thiazole rings is 1. The molecule has 1 atom stereocenters. The highest BCUT2D eigenvalue weighted by molar-refractivity contribution is 7.22. The molecule has 0 saturated heterocycles. The zero-order valence-electron chi connectivity index (χ0n) is 20.9. The number of hydrogen-bond donors (Lipinski definition) is 0. The second kappa shape index (κ2) is 7.94. The van der Waals surface area contributed by atoms with Gasteiger partial charge < -0.3 is 9.32 Å². The molecule has 1 unspecified atom stereocenters. The summed E-state index contributed by atoms with van der Waals surface area (Å²) in [6, 6.07) is 14.5. The molecule has 0 saturated carbocycles. The first-order chi connectivity index (χ1) is 18.8. The Balaban J connectivity index is 1.63. The van der Waals surface area contributed by atoms with E-state index in [0.29, 0.717) is 16.8 Å². The van der Waals surface area contributed by atoms with Crippen LogP contribution in [0, 0.1) is 19.7 Å². The molecule has 7 rings (SSSR count). The molecular formula is C30H20FN3O4S. The van der Waals surface area contributed by atoms with Gasteiger partial charge in [-0.05, 0) is 55.3 Å². The molecule has 5 aromatic rings. The van der Waals surface area contributed by atoms with Gasteiger partial charge >= 0.3 is 0 Å². The van der Waals surface area contributed by atoms with E-state index in [1.54, 1.807) is 30.3 Å². The quantitative estimate of drug-likeness (QED) is 0.280. The Morgan fingerprint density at radius 3 is 2.69 bits per heavy atom. The molecule has 7 nitrogen and oxygen atoms in total. The zero-order chi connectivity index (χ0) is 27.2. The lowest BCUT2D eigenvalue weighted by molar-refractivity contribution is -0.121. The number of rotatable bonds is 3. The average molecular weight is 538 g/mol. The summed E-state index contributed by atoms with van der Waals surface area (Å²) < 4.78 is 21.1. The highest BCUT2D eigenvalue weighted by Gasteiger charge is 2.66. The number of benzene rings is 3. The standard InChI is InChI=1S/C30H20FN3O4S/c1-4-11-33-20-8-6-5-7-19(20)30(28(33)37)23-25(35)18-14-17(31)9-10-21(18)38-26(23)27(36)34(30)29-32-24-16(3)12-15(2)13-22(24)39-29/h4-10,12-14H,1,11H2,2-3H3. The molecule has 0 radical (unpaired) electrons. The molecule has 0 bridgehead atoms. The molecular weight excluding hydrogens is 517 g/mol. The maximum Gasteiger partial charge on any atom is 0.297 e. The van der Waals surface area contributed by atoms with E-state index in [-0.39, 0.29) is 34.0 Å². The van der Waals surface area contributed by atoms with E-state index >= 15 is 0 Å². The second-order valence-corrected chi connectivity index (χ2v) is 10.8. The van der Waals surface area contributed by atoms with E-state index in [1.165, 1.54) is 27.2 Å². The van der Waals surface area contributed by atoms with Crippen molar-refractivity contribution in [3.05, 3.63) is 111 Å². The number of anilines is 2. The van der Waals surface area contributed by atoms with E-state index in [1.807, 2.05) is 26.0 Å². The summed E-state index contributed by atoms with van der Waals surface area (Å²) in [5, 5.41) is 0.208. The molecule has 0 N–H and O–H groups in total. The van der Waals surface area contributed by atoms with Crippen LogP contribution in [0.4, 0.5) is 15.2 Å². The van der Waals surface area contributed by atoms with Gasteiger partial charge in [0.1, 0.15) is 11.4 Å². The summed E-state index contributed by atoms with van der Waals surface area (Å²) >= 11 is 1.26. The van der Waals surface area contributed by atoms with Crippen molar-refractivity contribution in [1.29, 1.82) is 0 Å². The van der Waals surface area contributed by atoms with Gasteiger partial charge in [-0.2, -0.15) is 0 Å². The normalized spacial score (nSPS) is 18.0. The number of aryl methyl sites for hydroxylation is 2. The predicted octanol–water partition coefficient (Wildman–Crippen LogP) is 5.60. The first kappa shape index (κ1) is 23.5. The number of amides is 2. The van der Waals surface area contributed by atoms with Crippen molar-refractivity contribution in [2.75, 3.05) is 16.3 Å². The van der Waals surface area contributed by atoms with Gasteiger partial charge in [0.2, 0.25) is 5.76 Å². The van der Waals surface area contributed by atoms with E-state index in [9.17, 15) is 18.8 Å². The monoisotopic (exact) mass is 537 g/mol. The van der Waals surface area contributed by atoms with E-state index in [2.05, 4.69) is 6.58 Å². The first-order valence-electron chi connectivity index (χ1n) is 12.3. The third-order valence-corrected chi connectivity index (χ3v) is 8.40. The lowest BCUT2D eigenvalue weighted by atomic mass is 9.84. The second-order valence-electron chi connectivity index (χ2n) is 9.77. The highest BCUT2D eigenvalue weighted by Crippen LogP contribution is 2.54. The Kier molecular flexibility index (Phi) is 4.78. The number of nitrogens with zero attached hydrogens (tertiary/aromatic N) is 3. The number of para-hydroxylation sites is 1. The Labute approximate surface area is 225 Å². The lowest BCUT2D eigenvalue weighted by Gasteiger charge is -2.32. The molecule has 39 heavy (non-hydrogen) atoms. The van der Waals surface area contributed by atoms with Crippen LogP contribution in [-0.2, 0) is 10.3 Å². The van der Waals surface area contributed by atoms with Gasteiger partial charge in [-0.3, -0.25) is 19.3 Å². The van der Waals surface area contributed by atoms with Crippen molar-refractivity contribution >= 4 is 55.2 Å². The topological polar surface area (TPSA) is 83.7 Å². The molecule has 3 aromatic carbocycles. The smallest absolute Gasteiger partial charge is 0.297 e. The molecule has 0 fully saturated rings. The van der Waals surface area contributed by atoms with Crippen molar-refractivity contribution in [3.63, 3.8) is 0 Å². The van der Waals surface area contributed by atoms with Crippen LogP contribution >= 0.6 is 11.3 Å². The fourth-order valence-corrected chi connectivity index (χ4v) is 7.09. The van der Waals surface area contributed by atoms with Crippen LogP contribution in [0.2, 0.25) is 0 Å². The fourth-order valence-electron chi connectivity index (χ4n) is 5.90. The fraction of sp³-hybridized carbons (Fsp3) is 0.133. The number of carbonyl (C=O) groups excluding carboxylic acids is 2. The maximum atomic E-state index is 14.6. The third kappa shape index (κ3) is 2.90. The number of aromatic nitrogens is 1. The van der Waals surface area contributed by atoms with Gasteiger partial charge in [0, 0.05) is 12.1 Å². The first-order valence-corrected chi connectivity index (χ1v) is 13.1. The van der Waals surface area contributed by atoms with Crippen LogP contribution in [0.5, 0.6) is 0 Å². The molecule has 2 amide bonds. The van der Waals surface area contributed by atoms with Crippen LogP contribution in [-0.4, -0.2) is 23.3 Å². The Hall–Kier alpha value is -4.63. The summed E-state index contributed by atoms with van der Waals surface area (Å²) in [6.45, 7) is 7.85. The van der Waals surface area contributed by atoms with Gasteiger partial charge in [0.05, 0.1) is 26.9 Å². The number of carbonyl (C=O) groups is 2. The van der Waals surface area contributed by atoms with Gasteiger partial charge in [-0.25, -0.2) is 9.37 Å². The van der Waals surface area contributed by atoms with Crippen molar-refractivity contribution in [1.82, 2.24) is 4.98 Å². The van der Waals surface area contributed by atoms with Crippen molar-refractivity contribution in [2.45, 2.75) is 19.4 Å². The number of halogens is 1. The third-order valence-electron chi connectivity index (χ3n) is 7.41. The minimum absolute atomic E-state index is 0.0500. The van der Waals surface area contributed by atoms with Crippen LogP contribution in [0.25, 0.3) is 21.2 Å². The van der Waals surface area contributed by atoms with Crippen LogP contribution in [0.3, 0.4) is 0 Å². The lowest BCUT2D eigenvalue weighted by Crippen LogP contribution is -2.53. The molecule has 2 aliphatic heterocycles. The Morgan fingerprint density at radius 1 is 1.10 bits per heavy atom. The average Bonchev–Trinajstić information content (AvgIpc) is 3.51. The molecule has 2 aromatic heterocycles. The van der Waals surface area contributed by atoms with Gasteiger partial charge in [0.25, 0.3) is 11.8 Å². The van der Waals surface area contributed by atoms with E-state index in [0.717, 1.165) is 28.0 Å². The number of hydrogen-bond acceptors (Lipinski definition) is 6. The van der Waals surface area contributed by atoms with E-state index < -0.39 is 28.6 Å². The highest BCUT2D eigenvalue weighted by atomic mass is 32.1. The Morgan fingerprint density at radius 2 is 1.90 bits per heavy atom. The van der Waals surface area contributed by atoms with Crippen molar-refractivity contribution < 1.29 is 18.4 Å². The van der Waals surface area contributed by atoms with E-state index in [4.69, 9.17) is 9.40 Å². The summed E-state index contributed by atoms with van der Waals surface area (Å²) in [6.07, 6.45) is 1.58. The van der Waals surface area contributed by atoms with Crippen LogP contribution < -0.4 is 15.2 Å². The maximum absolute atomic E-state index is 14.6. The predicted molar refractivity (Wildman–Crippen MR) is 148 cm³/mol. The summed E-state index contributed by atoms with van der Waals surface area (Å²) in [7, 11) is 0. The zero-order valence-corrected chi connectivity index (χ0v) is 21.8. The summed E-state index contributed by atoms with van der Waals surface area (Å²) in [5.74, 6) is -2.06. The Bertz CT molecular complexity index is 1990. The number of fused-ring (bicyclic) bond motifs is 6. The van der Waals surface area contributed by atoms with Gasteiger partial charge in [0.15, 0.2) is 16.1 Å². The minimum Gasteiger partial charge on any atom is -0.450 e. The SMILES string of the molecule is C=CCN1C(=O)C2(c3ccccc31)c1c(oc3ccc(F)cc3c1=O)C(=O)N2c1nc2c(C)cc(C)cc2s1. The molecule has 0 aliphatic carbocycles.